The van der Waals surface area contributed by atoms with Gasteiger partial charge in [0.15, 0.2) is 0 Å². The molecule has 13 heavy (non-hydrogen) atoms. The monoisotopic (exact) mass is 187 g/mol. The Bertz CT molecular complexity index is 133. The quantitative estimate of drug-likeness (QED) is 0.487. The second kappa shape index (κ2) is 8.05. The van der Waals surface area contributed by atoms with Gasteiger partial charge in [-0.05, 0) is 32.9 Å². The molecule has 0 saturated carbocycles. The SMILES string of the molecule is CCC(CC)OC(=O)CCCNC. The molecule has 0 heterocycles. The average molecular weight is 187 g/mol. The fourth-order valence-corrected chi connectivity index (χ4v) is 1.11. The van der Waals surface area contributed by atoms with E-state index in [2.05, 4.69) is 5.32 Å². The van der Waals surface area contributed by atoms with E-state index in [9.17, 15) is 4.79 Å². The molecule has 0 aromatic heterocycles. The van der Waals surface area contributed by atoms with Crippen molar-refractivity contribution in [3.63, 3.8) is 0 Å². The van der Waals surface area contributed by atoms with Gasteiger partial charge in [-0.1, -0.05) is 13.8 Å². The molecular weight excluding hydrogens is 166 g/mol. The Morgan fingerprint density at radius 3 is 2.46 bits per heavy atom. The molecule has 0 aliphatic carbocycles. The highest BCUT2D eigenvalue weighted by Gasteiger charge is 2.09. The largest absolute Gasteiger partial charge is 0.462 e. The molecule has 0 rings (SSSR count). The summed E-state index contributed by atoms with van der Waals surface area (Å²) in [6.45, 7) is 4.95. The van der Waals surface area contributed by atoms with Crippen molar-refractivity contribution < 1.29 is 9.53 Å². The van der Waals surface area contributed by atoms with Crippen LogP contribution in [0.3, 0.4) is 0 Å². The molecule has 0 saturated heterocycles. The molecule has 0 aromatic rings. The summed E-state index contributed by atoms with van der Waals surface area (Å²) >= 11 is 0. The van der Waals surface area contributed by atoms with E-state index in [-0.39, 0.29) is 12.1 Å². The van der Waals surface area contributed by atoms with Crippen LogP contribution < -0.4 is 5.32 Å². The Kier molecular flexibility index (Phi) is 7.69. The molecule has 0 radical (unpaired) electrons. The van der Waals surface area contributed by atoms with Crippen molar-refractivity contribution in [2.75, 3.05) is 13.6 Å². The van der Waals surface area contributed by atoms with E-state index in [1.165, 1.54) is 0 Å². The molecule has 0 fully saturated rings. The van der Waals surface area contributed by atoms with Crippen LogP contribution in [0, 0.1) is 0 Å². The first kappa shape index (κ1) is 12.4. The first-order valence-corrected chi connectivity index (χ1v) is 5.08. The maximum atomic E-state index is 11.2. The molecule has 0 aliphatic heterocycles. The van der Waals surface area contributed by atoms with Crippen LogP contribution in [0.4, 0.5) is 0 Å². The Hall–Kier alpha value is -0.570. The van der Waals surface area contributed by atoms with E-state index in [0.29, 0.717) is 6.42 Å². The number of hydrogen-bond acceptors (Lipinski definition) is 3. The van der Waals surface area contributed by atoms with Crippen molar-refractivity contribution in [1.29, 1.82) is 0 Å². The third kappa shape index (κ3) is 6.58. The molecule has 0 amide bonds. The van der Waals surface area contributed by atoms with Gasteiger partial charge in [0.2, 0.25) is 0 Å². The number of ether oxygens (including phenoxy) is 1. The second-order valence-corrected chi connectivity index (χ2v) is 3.14. The van der Waals surface area contributed by atoms with Gasteiger partial charge in [0.05, 0.1) is 0 Å². The van der Waals surface area contributed by atoms with Crippen LogP contribution in [0.2, 0.25) is 0 Å². The third-order valence-electron chi connectivity index (χ3n) is 2.02. The summed E-state index contributed by atoms with van der Waals surface area (Å²) in [4.78, 5) is 11.2. The molecule has 3 heteroatoms. The lowest BCUT2D eigenvalue weighted by molar-refractivity contribution is -0.149. The molecule has 1 N–H and O–H groups in total. The fourth-order valence-electron chi connectivity index (χ4n) is 1.11. The van der Waals surface area contributed by atoms with Gasteiger partial charge in [-0.2, -0.15) is 0 Å². The lowest BCUT2D eigenvalue weighted by atomic mass is 10.2. The predicted octanol–water partition coefficient (Wildman–Crippen LogP) is 1.72. The third-order valence-corrected chi connectivity index (χ3v) is 2.02. The molecule has 3 nitrogen and oxygen atoms in total. The van der Waals surface area contributed by atoms with Crippen molar-refractivity contribution >= 4 is 5.97 Å². The van der Waals surface area contributed by atoms with Crippen LogP contribution in [-0.4, -0.2) is 25.7 Å². The molecule has 0 atom stereocenters. The van der Waals surface area contributed by atoms with Crippen molar-refractivity contribution in [2.45, 2.75) is 45.6 Å². The zero-order chi connectivity index (χ0) is 10.1. The van der Waals surface area contributed by atoms with Crippen molar-refractivity contribution in [1.82, 2.24) is 5.32 Å². The van der Waals surface area contributed by atoms with Crippen LogP contribution in [0.25, 0.3) is 0 Å². The molecule has 78 valence electrons. The van der Waals surface area contributed by atoms with Gasteiger partial charge in [-0.3, -0.25) is 4.79 Å². The minimum Gasteiger partial charge on any atom is -0.462 e. The molecule has 0 bridgehead atoms. The standard InChI is InChI=1S/C10H21NO2/c1-4-9(5-2)13-10(12)7-6-8-11-3/h9,11H,4-8H2,1-3H3. The van der Waals surface area contributed by atoms with Crippen molar-refractivity contribution in [3.05, 3.63) is 0 Å². The topological polar surface area (TPSA) is 38.3 Å². The van der Waals surface area contributed by atoms with Crippen LogP contribution in [0.15, 0.2) is 0 Å². The first-order valence-electron chi connectivity index (χ1n) is 5.08. The summed E-state index contributed by atoms with van der Waals surface area (Å²) in [6, 6.07) is 0. The highest BCUT2D eigenvalue weighted by Crippen LogP contribution is 2.04. The van der Waals surface area contributed by atoms with Gasteiger partial charge in [0, 0.05) is 6.42 Å². The van der Waals surface area contributed by atoms with E-state index in [0.717, 1.165) is 25.8 Å². The lowest BCUT2D eigenvalue weighted by Gasteiger charge is -2.13. The van der Waals surface area contributed by atoms with E-state index < -0.39 is 0 Å². The summed E-state index contributed by atoms with van der Waals surface area (Å²) in [6.07, 6.45) is 3.32. The number of carbonyl (C=O) groups excluding carboxylic acids is 1. The molecule has 0 spiro atoms. The lowest BCUT2D eigenvalue weighted by Crippen LogP contribution is -2.17. The molecule has 0 unspecified atom stereocenters. The Labute approximate surface area is 80.8 Å². The number of nitrogens with one attached hydrogen (secondary N) is 1. The Morgan fingerprint density at radius 2 is 2.00 bits per heavy atom. The van der Waals surface area contributed by atoms with Crippen LogP contribution in [0.1, 0.15) is 39.5 Å². The highest BCUT2D eigenvalue weighted by atomic mass is 16.5. The summed E-state index contributed by atoms with van der Waals surface area (Å²) in [7, 11) is 1.88. The number of hydrogen-bond donors (Lipinski definition) is 1. The van der Waals surface area contributed by atoms with Gasteiger partial charge < -0.3 is 10.1 Å². The van der Waals surface area contributed by atoms with Gasteiger partial charge >= 0.3 is 5.97 Å². The van der Waals surface area contributed by atoms with Crippen LogP contribution >= 0.6 is 0 Å². The summed E-state index contributed by atoms with van der Waals surface area (Å²) in [5, 5.41) is 3.00. The minimum absolute atomic E-state index is 0.0658. The zero-order valence-corrected chi connectivity index (χ0v) is 8.93. The van der Waals surface area contributed by atoms with Crippen LogP contribution in [-0.2, 0) is 9.53 Å². The second-order valence-electron chi connectivity index (χ2n) is 3.14. The molecule has 0 aromatic carbocycles. The zero-order valence-electron chi connectivity index (χ0n) is 8.93. The van der Waals surface area contributed by atoms with Gasteiger partial charge in [0.25, 0.3) is 0 Å². The predicted molar refractivity (Wildman–Crippen MR) is 53.6 cm³/mol. The molecule has 0 aliphatic rings. The summed E-state index contributed by atoms with van der Waals surface area (Å²) in [5.74, 6) is -0.0658. The normalized spacial score (nSPS) is 10.5. The summed E-state index contributed by atoms with van der Waals surface area (Å²) in [5.41, 5.74) is 0. The maximum absolute atomic E-state index is 11.2. The van der Waals surface area contributed by atoms with E-state index in [4.69, 9.17) is 4.74 Å². The van der Waals surface area contributed by atoms with E-state index in [1.54, 1.807) is 0 Å². The van der Waals surface area contributed by atoms with Gasteiger partial charge in [0.1, 0.15) is 6.10 Å². The Morgan fingerprint density at radius 1 is 1.38 bits per heavy atom. The summed E-state index contributed by atoms with van der Waals surface area (Å²) < 4.78 is 5.23. The van der Waals surface area contributed by atoms with Gasteiger partial charge in [-0.25, -0.2) is 0 Å². The van der Waals surface area contributed by atoms with Crippen molar-refractivity contribution in [3.8, 4) is 0 Å². The van der Waals surface area contributed by atoms with E-state index in [1.807, 2.05) is 20.9 Å². The Balaban J connectivity index is 3.48. The number of esters is 1. The average Bonchev–Trinajstić information content (AvgIpc) is 2.14. The maximum Gasteiger partial charge on any atom is 0.306 e. The molecular formula is C10H21NO2. The fraction of sp³-hybridized carbons (Fsp3) is 0.900. The number of rotatable bonds is 7. The smallest absolute Gasteiger partial charge is 0.306 e. The number of carbonyl (C=O) groups is 1. The minimum atomic E-state index is -0.0658. The van der Waals surface area contributed by atoms with Gasteiger partial charge in [-0.15, -0.1) is 0 Å². The van der Waals surface area contributed by atoms with Crippen LogP contribution in [0.5, 0.6) is 0 Å². The van der Waals surface area contributed by atoms with E-state index >= 15 is 0 Å². The first-order chi connectivity index (χ1) is 6.24. The van der Waals surface area contributed by atoms with Crippen molar-refractivity contribution in [2.24, 2.45) is 0 Å². The highest BCUT2D eigenvalue weighted by molar-refractivity contribution is 5.69.